The molecule has 1 spiro atoms. The quantitative estimate of drug-likeness (QED) is 0.479. The second kappa shape index (κ2) is 7.41. The summed E-state index contributed by atoms with van der Waals surface area (Å²) in [5.74, 6) is 0.625. The maximum Gasteiger partial charge on any atom is 0.410 e. The molecule has 34 heavy (non-hydrogen) atoms. The van der Waals surface area contributed by atoms with Crippen molar-refractivity contribution >= 4 is 28.5 Å². The molecule has 0 bridgehead atoms. The van der Waals surface area contributed by atoms with E-state index in [9.17, 15) is 4.79 Å². The Hall–Kier alpha value is -3.68. The molecule has 4 aromatic rings. The third kappa shape index (κ3) is 3.73. The highest BCUT2D eigenvalue weighted by Crippen LogP contribution is 2.49. The van der Waals surface area contributed by atoms with Gasteiger partial charge < -0.3 is 15.0 Å². The fourth-order valence-corrected chi connectivity index (χ4v) is 5.20. The van der Waals surface area contributed by atoms with Crippen molar-refractivity contribution in [2.24, 2.45) is 5.41 Å². The summed E-state index contributed by atoms with van der Waals surface area (Å²) < 4.78 is 7.34. The van der Waals surface area contributed by atoms with Crippen LogP contribution in [-0.2, 0) is 4.74 Å². The van der Waals surface area contributed by atoms with Crippen LogP contribution in [0.1, 0.15) is 33.6 Å². The van der Waals surface area contributed by atoms with Crippen LogP contribution in [0.2, 0.25) is 0 Å². The van der Waals surface area contributed by atoms with Gasteiger partial charge in [0.2, 0.25) is 5.95 Å². The highest BCUT2D eigenvalue weighted by molar-refractivity contribution is 5.88. The van der Waals surface area contributed by atoms with E-state index in [2.05, 4.69) is 44.6 Å². The highest BCUT2D eigenvalue weighted by atomic mass is 16.6. The van der Waals surface area contributed by atoms with Crippen LogP contribution in [0.5, 0.6) is 0 Å². The number of carbonyl (C=O) groups excluding carboxylic acids is 1. The van der Waals surface area contributed by atoms with Gasteiger partial charge in [0.05, 0.1) is 17.2 Å². The normalized spacial score (nSPS) is 17.6. The van der Waals surface area contributed by atoms with Gasteiger partial charge >= 0.3 is 6.09 Å². The lowest BCUT2D eigenvalue weighted by Gasteiger charge is -2.58. The standard InChI is InChI=1S/C26H28N6O2/c1-25(2,3)34-24(33)31-15-26(16-31)12-19(13-26)29-23-28-14-22-20(8-10-32(22)30-23)17-6-7-21-18(11-17)5-4-9-27-21/h4-11,14,19H,12-13,15-16H2,1-3H3,(H,29,30). The minimum absolute atomic E-state index is 0.213. The molecule has 0 unspecified atom stereocenters. The number of aromatic nitrogens is 4. The van der Waals surface area contributed by atoms with Crippen molar-refractivity contribution in [1.82, 2.24) is 24.5 Å². The Kier molecular flexibility index (Phi) is 4.56. The molecule has 4 heterocycles. The van der Waals surface area contributed by atoms with Crippen LogP contribution in [0.25, 0.3) is 27.5 Å². The molecule has 3 aromatic heterocycles. The number of nitrogens with one attached hydrogen (secondary N) is 1. The zero-order valence-electron chi connectivity index (χ0n) is 19.7. The molecule has 0 atom stereocenters. The molecule has 1 aliphatic heterocycles. The molecule has 1 amide bonds. The number of likely N-dealkylation sites (tertiary alicyclic amines) is 1. The molecule has 8 heteroatoms. The molecule has 6 rings (SSSR count). The van der Waals surface area contributed by atoms with Gasteiger partial charge in [0.1, 0.15) is 5.60 Å². The maximum atomic E-state index is 12.2. The van der Waals surface area contributed by atoms with E-state index in [4.69, 9.17) is 4.74 Å². The monoisotopic (exact) mass is 456 g/mol. The number of anilines is 1. The van der Waals surface area contributed by atoms with Gasteiger partial charge in [-0.05, 0) is 63.4 Å². The van der Waals surface area contributed by atoms with Crippen LogP contribution in [0.15, 0.2) is 55.0 Å². The number of nitrogens with zero attached hydrogens (tertiary/aromatic N) is 5. The molecule has 1 aromatic carbocycles. The SMILES string of the molecule is CC(C)(C)OC(=O)N1CC2(CC(Nc3ncc4c(-c5ccc6ncccc6c5)ccn4n3)C2)C1. The molecule has 2 aliphatic rings. The van der Waals surface area contributed by atoms with Gasteiger partial charge in [0.15, 0.2) is 0 Å². The lowest BCUT2D eigenvalue weighted by atomic mass is 9.61. The summed E-state index contributed by atoms with van der Waals surface area (Å²) in [5.41, 5.74) is 3.92. The summed E-state index contributed by atoms with van der Waals surface area (Å²) in [7, 11) is 0. The largest absolute Gasteiger partial charge is 0.444 e. The first-order valence-electron chi connectivity index (χ1n) is 11.7. The Morgan fingerprint density at radius 1 is 1.15 bits per heavy atom. The zero-order valence-corrected chi connectivity index (χ0v) is 19.7. The summed E-state index contributed by atoms with van der Waals surface area (Å²) in [4.78, 5) is 23.0. The Balaban J connectivity index is 1.10. The van der Waals surface area contributed by atoms with Crippen molar-refractivity contribution in [2.75, 3.05) is 18.4 Å². The van der Waals surface area contributed by atoms with E-state index in [0.29, 0.717) is 12.0 Å². The number of benzene rings is 1. The first-order valence-corrected chi connectivity index (χ1v) is 11.7. The fourth-order valence-electron chi connectivity index (χ4n) is 5.20. The van der Waals surface area contributed by atoms with Crippen LogP contribution in [0, 0.1) is 5.41 Å². The summed E-state index contributed by atoms with van der Waals surface area (Å²) in [6.45, 7) is 7.22. The first kappa shape index (κ1) is 20.9. The van der Waals surface area contributed by atoms with E-state index < -0.39 is 5.60 Å². The second-order valence-electron chi connectivity index (χ2n) is 10.6. The van der Waals surface area contributed by atoms with Gasteiger partial charge in [-0.3, -0.25) is 4.98 Å². The summed E-state index contributed by atoms with van der Waals surface area (Å²) >= 11 is 0. The molecular formula is C26H28N6O2. The number of fused-ring (bicyclic) bond motifs is 2. The van der Waals surface area contributed by atoms with Crippen LogP contribution < -0.4 is 5.32 Å². The predicted molar refractivity (Wildman–Crippen MR) is 131 cm³/mol. The molecule has 8 nitrogen and oxygen atoms in total. The van der Waals surface area contributed by atoms with Crippen molar-refractivity contribution < 1.29 is 9.53 Å². The van der Waals surface area contributed by atoms with Crippen LogP contribution >= 0.6 is 0 Å². The number of amides is 1. The first-order chi connectivity index (χ1) is 16.3. The zero-order chi connectivity index (χ0) is 23.5. The number of ether oxygens (including phenoxy) is 1. The average molecular weight is 457 g/mol. The molecule has 1 aliphatic carbocycles. The number of carbonyl (C=O) groups is 1. The Labute approximate surface area is 198 Å². The topological polar surface area (TPSA) is 84.6 Å². The predicted octanol–water partition coefficient (Wildman–Crippen LogP) is 4.76. The van der Waals surface area contributed by atoms with Crippen molar-refractivity contribution in [3.05, 3.63) is 55.0 Å². The lowest BCUT2D eigenvalue weighted by Crippen LogP contribution is -2.66. The van der Waals surface area contributed by atoms with Crippen molar-refractivity contribution in [3.8, 4) is 11.1 Å². The molecule has 1 N–H and O–H groups in total. The van der Waals surface area contributed by atoms with Gasteiger partial charge in [-0.25, -0.2) is 14.3 Å². The van der Waals surface area contributed by atoms with Gasteiger partial charge in [-0.1, -0.05) is 12.1 Å². The summed E-state index contributed by atoms with van der Waals surface area (Å²) in [6, 6.07) is 12.7. The van der Waals surface area contributed by atoms with Crippen LogP contribution in [0.3, 0.4) is 0 Å². The Morgan fingerprint density at radius 2 is 1.97 bits per heavy atom. The molecular weight excluding hydrogens is 428 g/mol. The molecule has 174 valence electrons. The summed E-state index contributed by atoms with van der Waals surface area (Å²) in [6.07, 6.45) is 7.46. The van der Waals surface area contributed by atoms with Crippen molar-refractivity contribution in [2.45, 2.75) is 45.3 Å². The highest BCUT2D eigenvalue weighted by Gasteiger charge is 2.54. The van der Waals surface area contributed by atoms with Crippen molar-refractivity contribution in [3.63, 3.8) is 0 Å². The number of hydrogen-bond donors (Lipinski definition) is 1. The van der Waals surface area contributed by atoms with Gasteiger partial charge in [-0.15, -0.1) is 5.10 Å². The molecule has 1 saturated heterocycles. The number of rotatable bonds is 3. The summed E-state index contributed by atoms with van der Waals surface area (Å²) in [5, 5.41) is 9.25. The van der Waals surface area contributed by atoms with Gasteiger partial charge in [0.25, 0.3) is 0 Å². The lowest BCUT2D eigenvalue weighted by molar-refractivity contribution is -0.0739. The van der Waals surface area contributed by atoms with Gasteiger partial charge in [-0.2, -0.15) is 0 Å². The molecule has 2 fully saturated rings. The Morgan fingerprint density at radius 3 is 2.76 bits per heavy atom. The third-order valence-corrected chi connectivity index (χ3v) is 6.73. The van der Waals surface area contributed by atoms with E-state index in [1.807, 2.05) is 56.0 Å². The Bertz CT molecular complexity index is 1390. The third-order valence-electron chi connectivity index (χ3n) is 6.73. The van der Waals surface area contributed by atoms with E-state index >= 15 is 0 Å². The van der Waals surface area contributed by atoms with Gasteiger partial charge in [0, 0.05) is 47.9 Å². The minimum Gasteiger partial charge on any atom is -0.444 e. The van der Waals surface area contributed by atoms with E-state index in [0.717, 1.165) is 53.5 Å². The van der Waals surface area contributed by atoms with Crippen molar-refractivity contribution in [1.29, 1.82) is 0 Å². The fraction of sp³-hybridized carbons (Fsp3) is 0.385. The average Bonchev–Trinajstić information content (AvgIpc) is 3.16. The van der Waals surface area contributed by atoms with E-state index in [1.165, 1.54) is 0 Å². The second-order valence-corrected chi connectivity index (χ2v) is 10.6. The van der Waals surface area contributed by atoms with E-state index in [-0.39, 0.29) is 11.5 Å². The van der Waals surface area contributed by atoms with Crippen LogP contribution in [0.4, 0.5) is 10.7 Å². The van der Waals surface area contributed by atoms with Crippen LogP contribution in [-0.4, -0.2) is 55.3 Å². The smallest absolute Gasteiger partial charge is 0.410 e. The number of hydrogen-bond acceptors (Lipinski definition) is 6. The molecule has 1 saturated carbocycles. The minimum atomic E-state index is -0.455. The van der Waals surface area contributed by atoms with E-state index in [1.54, 1.807) is 4.90 Å². The molecule has 0 radical (unpaired) electrons. The number of pyridine rings is 1. The maximum absolute atomic E-state index is 12.2.